The molecule has 3 fully saturated rings. The van der Waals surface area contributed by atoms with Crippen LogP contribution in [0.15, 0.2) is 0 Å². The van der Waals surface area contributed by atoms with Crippen LogP contribution in [0.5, 0.6) is 0 Å². The first-order valence-corrected chi connectivity index (χ1v) is 7.17. The minimum absolute atomic E-state index is 0.328. The van der Waals surface area contributed by atoms with E-state index in [0.717, 1.165) is 0 Å². The molecule has 0 radical (unpaired) electrons. The lowest BCUT2D eigenvalue weighted by Gasteiger charge is -2.28. The third-order valence-electron chi connectivity index (χ3n) is 3.73. The summed E-state index contributed by atoms with van der Waals surface area (Å²) in [6.45, 7) is 9.00. The first-order valence-electron chi connectivity index (χ1n) is 7.17. The molecule has 0 amide bonds. The van der Waals surface area contributed by atoms with Gasteiger partial charge in [0.15, 0.2) is 30.1 Å². The van der Waals surface area contributed by atoms with Crippen LogP contribution >= 0.6 is 0 Å². The Labute approximate surface area is 123 Å². The number of ether oxygens (including phenoxy) is 6. The summed E-state index contributed by atoms with van der Waals surface area (Å²) in [7, 11) is 0. The highest BCUT2D eigenvalue weighted by molar-refractivity contribution is 5.66. The first kappa shape index (κ1) is 15.2. The Morgan fingerprint density at radius 1 is 1.05 bits per heavy atom. The van der Waals surface area contributed by atoms with Gasteiger partial charge >= 0.3 is 5.97 Å². The molecule has 0 aromatic heterocycles. The lowest BCUT2D eigenvalue weighted by atomic mass is 10.1. The van der Waals surface area contributed by atoms with E-state index in [1.807, 2.05) is 13.8 Å². The standard InChI is InChI=1S/C14H22O7/c1-7(15)17-10-9(8-6-16-13(2,3)19-8)18-12-11(10)20-14(4,5)21-12/h8-12H,6H2,1-5H3/t8-,9+,10+,11+,12+/m0/s1. The molecule has 120 valence electrons. The van der Waals surface area contributed by atoms with Gasteiger partial charge < -0.3 is 28.4 Å². The van der Waals surface area contributed by atoms with Crippen LogP contribution < -0.4 is 0 Å². The minimum Gasteiger partial charge on any atom is -0.457 e. The molecule has 0 spiro atoms. The summed E-state index contributed by atoms with van der Waals surface area (Å²) in [5, 5.41) is 0. The van der Waals surface area contributed by atoms with Crippen LogP contribution in [-0.4, -0.2) is 54.9 Å². The summed E-state index contributed by atoms with van der Waals surface area (Å²) < 4.78 is 34.2. The molecule has 0 aromatic rings. The van der Waals surface area contributed by atoms with E-state index in [1.54, 1.807) is 13.8 Å². The van der Waals surface area contributed by atoms with Gasteiger partial charge in [-0.05, 0) is 27.7 Å². The van der Waals surface area contributed by atoms with Crippen LogP contribution in [0.1, 0.15) is 34.6 Å². The number of fused-ring (bicyclic) bond motifs is 1. The molecule has 0 aliphatic carbocycles. The Balaban J connectivity index is 1.77. The summed E-state index contributed by atoms with van der Waals surface area (Å²) in [5.74, 6) is -1.82. The predicted molar refractivity (Wildman–Crippen MR) is 69.2 cm³/mol. The highest BCUT2D eigenvalue weighted by atomic mass is 16.8. The van der Waals surface area contributed by atoms with Crippen molar-refractivity contribution in [3.8, 4) is 0 Å². The first-order chi connectivity index (χ1) is 9.67. The quantitative estimate of drug-likeness (QED) is 0.703. The number of esters is 1. The number of carbonyl (C=O) groups is 1. The van der Waals surface area contributed by atoms with Crippen LogP contribution in [-0.2, 0) is 33.2 Å². The fraction of sp³-hybridized carbons (Fsp3) is 0.929. The number of carbonyl (C=O) groups excluding carboxylic acids is 1. The predicted octanol–water partition coefficient (Wildman–Crippen LogP) is 0.946. The molecule has 0 aromatic carbocycles. The van der Waals surface area contributed by atoms with Gasteiger partial charge in [0.25, 0.3) is 0 Å². The van der Waals surface area contributed by atoms with E-state index in [4.69, 9.17) is 28.4 Å². The Morgan fingerprint density at radius 2 is 1.76 bits per heavy atom. The Kier molecular flexibility index (Phi) is 3.53. The van der Waals surface area contributed by atoms with Crippen molar-refractivity contribution in [2.24, 2.45) is 0 Å². The average molecular weight is 302 g/mol. The molecule has 0 unspecified atom stereocenters. The molecule has 21 heavy (non-hydrogen) atoms. The fourth-order valence-corrected chi connectivity index (χ4v) is 3.01. The molecule has 3 saturated heterocycles. The van der Waals surface area contributed by atoms with E-state index in [-0.39, 0.29) is 12.1 Å². The van der Waals surface area contributed by atoms with Crippen molar-refractivity contribution in [1.82, 2.24) is 0 Å². The zero-order valence-electron chi connectivity index (χ0n) is 13.0. The SMILES string of the molecule is CC(=O)O[C@H]1[C@H]2OC(C)(C)O[C@H]2O[C@@H]1[C@@H]1COC(C)(C)O1. The lowest BCUT2D eigenvalue weighted by Crippen LogP contribution is -2.44. The lowest BCUT2D eigenvalue weighted by molar-refractivity contribution is -0.235. The number of hydrogen-bond donors (Lipinski definition) is 0. The van der Waals surface area contributed by atoms with Crippen LogP contribution in [0, 0.1) is 0 Å². The molecule has 7 heteroatoms. The van der Waals surface area contributed by atoms with Crippen molar-refractivity contribution in [2.75, 3.05) is 6.61 Å². The van der Waals surface area contributed by atoms with E-state index in [0.29, 0.717) is 6.61 Å². The van der Waals surface area contributed by atoms with Gasteiger partial charge in [0.2, 0.25) is 0 Å². The molecule has 7 nitrogen and oxygen atoms in total. The minimum atomic E-state index is -0.759. The van der Waals surface area contributed by atoms with Crippen molar-refractivity contribution in [3.63, 3.8) is 0 Å². The molecule has 0 saturated carbocycles. The molecule has 0 bridgehead atoms. The maximum Gasteiger partial charge on any atom is 0.303 e. The van der Waals surface area contributed by atoms with Crippen LogP contribution in [0.3, 0.4) is 0 Å². The maximum absolute atomic E-state index is 11.4. The van der Waals surface area contributed by atoms with E-state index in [9.17, 15) is 4.79 Å². The zero-order valence-corrected chi connectivity index (χ0v) is 13.0. The van der Waals surface area contributed by atoms with Crippen molar-refractivity contribution in [2.45, 2.75) is 76.9 Å². The van der Waals surface area contributed by atoms with Gasteiger partial charge in [-0.2, -0.15) is 0 Å². The number of rotatable bonds is 2. The normalized spacial score (nSPS) is 43.8. The Hall–Kier alpha value is -0.730. The van der Waals surface area contributed by atoms with Crippen molar-refractivity contribution in [1.29, 1.82) is 0 Å². The summed E-state index contributed by atoms with van der Waals surface area (Å²) >= 11 is 0. The van der Waals surface area contributed by atoms with Gasteiger partial charge in [-0.1, -0.05) is 0 Å². The summed E-state index contributed by atoms with van der Waals surface area (Å²) in [6, 6.07) is 0. The third kappa shape index (κ3) is 2.93. The highest BCUT2D eigenvalue weighted by Crippen LogP contribution is 2.41. The maximum atomic E-state index is 11.4. The molecule has 3 aliphatic heterocycles. The topological polar surface area (TPSA) is 72.5 Å². The summed E-state index contributed by atoms with van der Waals surface area (Å²) in [6.07, 6.45) is -2.40. The van der Waals surface area contributed by atoms with Gasteiger partial charge in [-0.3, -0.25) is 4.79 Å². The van der Waals surface area contributed by atoms with Gasteiger partial charge in [0, 0.05) is 6.92 Å². The molecule has 3 rings (SSSR count). The van der Waals surface area contributed by atoms with Crippen molar-refractivity contribution >= 4 is 5.97 Å². The fourth-order valence-electron chi connectivity index (χ4n) is 3.01. The number of hydrogen-bond acceptors (Lipinski definition) is 7. The molecular formula is C14H22O7. The Bertz CT molecular complexity index is 433. The summed E-state index contributed by atoms with van der Waals surface area (Å²) in [4.78, 5) is 11.4. The molecular weight excluding hydrogens is 280 g/mol. The highest BCUT2D eigenvalue weighted by Gasteiger charge is 2.59. The van der Waals surface area contributed by atoms with E-state index in [1.165, 1.54) is 6.92 Å². The second-order valence-corrected chi connectivity index (χ2v) is 6.51. The molecule has 0 N–H and O–H groups in total. The monoisotopic (exact) mass is 302 g/mol. The van der Waals surface area contributed by atoms with Crippen LogP contribution in [0.25, 0.3) is 0 Å². The largest absolute Gasteiger partial charge is 0.457 e. The Morgan fingerprint density at radius 3 is 2.33 bits per heavy atom. The van der Waals surface area contributed by atoms with Gasteiger partial charge in [-0.25, -0.2) is 0 Å². The third-order valence-corrected chi connectivity index (χ3v) is 3.73. The second kappa shape index (κ2) is 4.89. The van der Waals surface area contributed by atoms with E-state index >= 15 is 0 Å². The van der Waals surface area contributed by atoms with Gasteiger partial charge in [0.05, 0.1) is 6.61 Å². The average Bonchev–Trinajstić information content (AvgIpc) is 2.90. The zero-order chi connectivity index (χ0) is 15.4. The van der Waals surface area contributed by atoms with E-state index in [2.05, 4.69) is 0 Å². The van der Waals surface area contributed by atoms with Gasteiger partial charge in [-0.15, -0.1) is 0 Å². The second-order valence-electron chi connectivity index (χ2n) is 6.51. The van der Waals surface area contributed by atoms with Crippen molar-refractivity contribution in [3.05, 3.63) is 0 Å². The smallest absolute Gasteiger partial charge is 0.303 e. The van der Waals surface area contributed by atoms with Crippen LogP contribution in [0.2, 0.25) is 0 Å². The van der Waals surface area contributed by atoms with E-state index < -0.39 is 36.2 Å². The van der Waals surface area contributed by atoms with Gasteiger partial charge in [0.1, 0.15) is 12.2 Å². The van der Waals surface area contributed by atoms with Crippen molar-refractivity contribution < 1.29 is 33.2 Å². The van der Waals surface area contributed by atoms with Crippen LogP contribution in [0.4, 0.5) is 0 Å². The molecule has 5 atom stereocenters. The molecule has 3 aliphatic rings. The molecule has 3 heterocycles. The summed E-state index contributed by atoms with van der Waals surface area (Å²) in [5.41, 5.74) is 0.